The molecule has 0 bridgehead atoms. The highest BCUT2D eigenvalue weighted by Gasteiger charge is 2.25. The summed E-state index contributed by atoms with van der Waals surface area (Å²) in [6.45, 7) is 8.54. The Morgan fingerprint density at radius 3 is 2.66 bits per heavy atom. The average molecular weight is 461 g/mol. The lowest BCUT2D eigenvalue weighted by Gasteiger charge is -2.36. The van der Waals surface area contributed by atoms with Crippen molar-refractivity contribution in [1.82, 2.24) is 20.5 Å². The number of urea groups is 1. The molecule has 2 aromatic rings. The monoisotopic (exact) mass is 460 g/mol. The molecule has 2 fully saturated rings. The van der Waals surface area contributed by atoms with Crippen LogP contribution in [-0.2, 0) is 11.3 Å². The Bertz CT molecular complexity index is 961. The molecule has 0 spiro atoms. The third kappa shape index (κ3) is 5.98. The first-order valence-electron chi connectivity index (χ1n) is 10.9. The quantitative estimate of drug-likeness (QED) is 0.651. The van der Waals surface area contributed by atoms with Gasteiger partial charge in [-0.2, -0.15) is 5.10 Å². The molecular weight excluding hydrogens is 432 g/mol. The molecule has 2 amide bonds. The Balaban J connectivity index is 1.29. The second kappa shape index (κ2) is 9.87. The predicted octanol–water partition coefficient (Wildman–Crippen LogP) is 3.56. The highest BCUT2D eigenvalue weighted by Crippen LogP contribution is 2.31. The number of halogens is 1. The molecule has 2 aliphatic rings. The van der Waals surface area contributed by atoms with E-state index in [0.29, 0.717) is 34.8 Å². The number of rotatable bonds is 7. The molecule has 172 valence electrons. The third-order valence-electron chi connectivity index (χ3n) is 5.38. The summed E-state index contributed by atoms with van der Waals surface area (Å²) >= 11 is 6.21. The number of aryl methyl sites for hydroxylation is 1. The smallest absolute Gasteiger partial charge is 0.319 e. The molecule has 1 saturated heterocycles. The fourth-order valence-electron chi connectivity index (χ4n) is 3.71. The van der Waals surface area contributed by atoms with Crippen molar-refractivity contribution in [1.29, 1.82) is 0 Å². The third-order valence-corrected chi connectivity index (χ3v) is 5.65. The van der Waals surface area contributed by atoms with Crippen LogP contribution in [0.2, 0.25) is 5.02 Å². The van der Waals surface area contributed by atoms with Crippen molar-refractivity contribution < 1.29 is 14.3 Å². The van der Waals surface area contributed by atoms with E-state index in [0.717, 1.165) is 24.5 Å². The fraction of sp³-hybridized carbons (Fsp3) is 0.545. The number of ether oxygens (including phenoxy) is 2. The summed E-state index contributed by atoms with van der Waals surface area (Å²) in [6.07, 6.45) is 4.20. The van der Waals surface area contributed by atoms with Crippen LogP contribution in [0.5, 0.6) is 5.88 Å². The minimum atomic E-state index is -0.381. The molecule has 2 atom stereocenters. The van der Waals surface area contributed by atoms with Crippen molar-refractivity contribution >= 4 is 29.1 Å². The van der Waals surface area contributed by atoms with Crippen molar-refractivity contribution in [2.75, 3.05) is 29.9 Å². The van der Waals surface area contributed by atoms with E-state index in [-0.39, 0.29) is 24.8 Å². The number of anilines is 2. The summed E-state index contributed by atoms with van der Waals surface area (Å²) in [4.78, 5) is 18.7. The van der Waals surface area contributed by atoms with Crippen molar-refractivity contribution in [2.45, 2.75) is 52.4 Å². The minimum Gasteiger partial charge on any atom is -0.476 e. The van der Waals surface area contributed by atoms with Gasteiger partial charge in [-0.25, -0.2) is 9.78 Å². The Morgan fingerprint density at radius 1 is 1.25 bits per heavy atom. The van der Waals surface area contributed by atoms with Gasteiger partial charge in [0.1, 0.15) is 5.02 Å². The Morgan fingerprint density at radius 2 is 2.00 bits per heavy atom. The van der Waals surface area contributed by atoms with Gasteiger partial charge >= 0.3 is 6.03 Å². The second-order valence-electron chi connectivity index (χ2n) is 8.58. The standard InChI is InChI=1S/C22H29ClN6O3/c1-13-6-18(27-28-20(13)29-10-14(2)32-15(3)11-29)9-25-22(30)26-17-7-19(23)21(24-8-17)31-12-16-4-5-16/h6-8,14-16H,4-5,9-12H2,1-3H3,(H2,25,26,30). The first-order chi connectivity index (χ1) is 15.4. The summed E-state index contributed by atoms with van der Waals surface area (Å²) < 4.78 is 11.4. The maximum absolute atomic E-state index is 12.3. The van der Waals surface area contributed by atoms with Crippen molar-refractivity contribution in [2.24, 2.45) is 5.92 Å². The molecule has 1 saturated carbocycles. The number of hydrogen-bond acceptors (Lipinski definition) is 7. The summed E-state index contributed by atoms with van der Waals surface area (Å²) in [5.74, 6) is 1.85. The average Bonchev–Trinajstić information content (AvgIpc) is 3.55. The fourth-order valence-corrected chi connectivity index (χ4v) is 3.93. The first kappa shape index (κ1) is 22.5. The highest BCUT2D eigenvalue weighted by molar-refractivity contribution is 6.32. The number of carbonyl (C=O) groups is 1. The lowest BCUT2D eigenvalue weighted by Crippen LogP contribution is -2.46. The summed E-state index contributed by atoms with van der Waals surface area (Å²) in [5, 5.41) is 14.6. The number of morpholine rings is 1. The molecule has 3 heterocycles. The van der Waals surface area contributed by atoms with Crippen molar-refractivity contribution in [3.8, 4) is 5.88 Å². The van der Waals surface area contributed by atoms with Gasteiger partial charge in [0.2, 0.25) is 5.88 Å². The number of nitrogens with one attached hydrogen (secondary N) is 2. The van der Waals surface area contributed by atoms with E-state index in [1.54, 1.807) is 6.07 Å². The Labute approximate surface area is 192 Å². The highest BCUT2D eigenvalue weighted by atomic mass is 35.5. The molecule has 0 aromatic carbocycles. The van der Waals surface area contributed by atoms with E-state index < -0.39 is 0 Å². The number of carbonyl (C=O) groups excluding carboxylic acids is 1. The SMILES string of the molecule is Cc1cc(CNC(=O)Nc2cnc(OCC3CC3)c(Cl)c2)nnc1N1CC(C)OC(C)C1. The molecule has 4 rings (SSSR count). The predicted molar refractivity (Wildman–Crippen MR) is 122 cm³/mol. The largest absolute Gasteiger partial charge is 0.476 e. The molecule has 9 nitrogen and oxygen atoms in total. The molecule has 1 aliphatic heterocycles. The van der Waals surface area contributed by atoms with Crippen LogP contribution in [0.15, 0.2) is 18.3 Å². The van der Waals surface area contributed by atoms with Crippen LogP contribution in [0.1, 0.15) is 37.9 Å². The van der Waals surface area contributed by atoms with E-state index in [2.05, 4.69) is 44.6 Å². The van der Waals surface area contributed by atoms with Crippen molar-refractivity contribution in [3.05, 3.63) is 34.6 Å². The topological polar surface area (TPSA) is 102 Å². The molecule has 2 N–H and O–H groups in total. The van der Waals surface area contributed by atoms with Crippen LogP contribution in [-0.4, -0.2) is 53.1 Å². The number of nitrogens with zero attached hydrogens (tertiary/aromatic N) is 4. The number of hydrogen-bond donors (Lipinski definition) is 2. The van der Waals surface area contributed by atoms with E-state index in [4.69, 9.17) is 21.1 Å². The van der Waals surface area contributed by atoms with Crippen LogP contribution < -0.4 is 20.3 Å². The van der Waals surface area contributed by atoms with Gasteiger partial charge in [0.25, 0.3) is 0 Å². The molecule has 2 aromatic heterocycles. The van der Waals surface area contributed by atoms with Crippen LogP contribution in [0.4, 0.5) is 16.3 Å². The molecule has 1 aliphatic carbocycles. The van der Waals surface area contributed by atoms with E-state index in [1.807, 2.05) is 13.0 Å². The lowest BCUT2D eigenvalue weighted by atomic mass is 10.2. The van der Waals surface area contributed by atoms with Gasteiger partial charge in [-0.15, -0.1) is 5.10 Å². The summed E-state index contributed by atoms with van der Waals surface area (Å²) in [5.41, 5.74) is 2.17. The van der Waals surface area contributed by atoms with E-state index in [1.165, 1.54) is 19.0 Å². The van der Waals surface area contributed by atoms with Gasteiger partial charge in [0.05, 0.1) is 42.9 Å². The van der Waals surface area contributed by atoms with Gasteiger partial charge in [0, 0.05) is 13.1 Å². The second-order valence-corrected chi connectivity index (χ2v) is 8.98. The maximum atomic E-state index is 12.3. The summed E-state index contributed by atoms with van der Waals surface area (Å²) in [7, 11) is 0. The zero-order valence-corrected chi connectivity index (χ0v) is 19.4. The number of pyridine rings is 1. The van der Waals surface area contributed by atoms with Gasteiger partial charge in [-0.05, 0) is 57.2 Å². The molecule has 10 heteroatoms. The van der Waals surface area contributed by atoms with Crippen LogP contribution in [0.3, 0.4) is 0 Å². The summed E-state index contributed by atoms with van der Waals surface area (Å²) in [6, 6.07) is 3.19. The normalized spacial score (nSPS) is 20.7. The van der Waals surface area contributed by atoms with Gasteiger partial charge < -0.3 is 25.0 Å². The zero-order chi connectivity index (χ0) is 22.7. The number of amides is 2. The zero-order valence-electron chi connectivity index (χ0n) is 18.6. The Kier molecular flexibility index (Phi) is 6.95. The van der Waals surface area contributed by atoms with Crippen LogP contribution in [0, 0.1) is 12.8 Å². The van der Waals surface area contributed by atoms with Crippen LogP contribution >= 0.6 is 11.6 Å². The first-order valence-corrected chi connectivity index (χ1v) is 11.3. The van der Waals surface area contributed by atoms with Crippen molar-refractivity contribution in [3.63, 3.8) is 0 Å². The minimum absolute atomic E-state index is 0.145. The molecule has 2 unspecified atom stereocenters. The van der Waals surface area contributed by atoms with Gasteiger partial charge in [-0.1, -0.05) is 11.6 Å². The van der Waals surface area contributed by atoms with Gasteiger partial charge in [0.15, 0.2) is 5.82 Å². The lowest BCUT2D eigenvalue weighted by molar-refractivity contribution is -0.00554. The molecular formula is C22H29ClN6O3. The molecule has 32 heavy (non-hydrogen) atoms. The Hall–Kier alpha value is -2.65. The van der Waals surface area contributed by atoms with E-state index in [9.17, 15) is 4.79 Å². The van der Waals surface area contributed by atoms with E-state index >= 15 is 0 Å². The number of aromatic nitrogens is 3. The maximum Gasteiger partial charge on any atom is 0.319 e. The van der Waals surface area contributed by atoms with Gasteiger partial charge in [-0.3, -0.25) is 0 Å². The molecule has 0 radical (unpaired) electrons. The van der Waals surface area contributed by atoms with Crippen LogP contribution in [0.25, 0.3) is 0 Å².